The van der Waals surface area contributed by atoms with Gasteiger partial charge in [-0.15, -0.1) is 0 Å². The molecule has 8 N–H and O–H groups in total. The zero-order valence-electron chi connectivity index (χ0n) is 18.3. The van der Waals surface area contributed by atoms with Crippen molar-refractivity contribution in [3.63, 3.8) is 0 Å². The fraction of sp³-hybridized carbons (Fsp3) is 0.619. The van der Waals surface area contributed by atoms with Gasteiger partial charge in [-0.25, -0.2) is 4.79 Å². The maximum atomic E-state index is 12.9. The Hall–Kier alpha value is -2.18. The molecule has 11 heteroatoms. The molecule has 1 aromatic rings. The second-order valence-electron chi connectivity index (χ2n) is 8.31. The Balaban J connectivity index is 1.99. The van der Waals surface area contributed by atoms with Gasteiger partial charge in [0.2, 0.25) is 5.91 Å². The number of likely N-dealkylation sites (N-methyl/N-ethyl adjacent to an activating group) is 1. The monoisotopic (exact) mass is 451 g/mol. The average molecular weight is 451 g/mol. The molecule has 0 saturated heterocycles. The molecular weight excluding hydrogens is 417 g/mol. The summed E-state index contributed by atoms with van der Waals surface area (Å²) in [6.45, 7) is 1.38. The molecule has 0 heterocycles. The highest BCUT2D eigenvalue weighted by molar-refractivity contribution is 6.43. The van der Waals surface area contributed by atoms with Crippen molar-refractivity contribution in [1.29, 1.82) is 0 Å². The Bertz CT molecular complexity index is 757. The number of aromatic carboxylic acids is 1. The zero-order chi connectivity index (χ0) is 23.7. The smallest absolute Gasteiger partial charge is 0.475 e. The van der Waals surface area contributed by atoms with Gasteiger partial charge >= 0.3 is 13.1 Å². The van der Waals surface area contributed by atoms with Crippen LogP contribution >= 0.6 is 0 Å². The summed E-state index contributed by atoms with van der Waals surface area (Å²) in [5.74, 6) is -4.18. The van der Waals surface area contributed by atoms with Crippen molar-refractivity contribution in [2.45, 2.75) is 44.1 Å². The molecule has 0 spiro atoms. The minimum atomic E-state index is -1.93. The second kappa shape index (κ2) is 12.8. The third kappa shape index (κ3) is 7.18. The van der Waals surface area contributed by atoms with Gasteiger partial charge in [0.15, 0.2) is 0 Å². The fourth-order valence-corrected chi connectivity index (χ4v) is 4.26. The minimum Gasteiger partial charge on any atom is -0.507 e. The summed E-state index contributed by atoms with van der Waals surface area (Å²) in [7, 11) is -0.0394. The van der Waals surface area contributed by atoms with Crippen molar-refractivity contribution in [3.05, 3.63) is 29.3 Å². The zero-order valence-corrected chi connectivity index (χ0v) is 18.3. The van der Waals surface area contributed by atoms with Gasteiger partial charge in [-0.1, -0.05) is 12.1 Å². The molecule has 32 heavy (non-hydrogen) atoms. The lowest BCUT2D eigenvalue weighted by Gasteiger charge is -2.33. The van der Waals surface area contributed by atoms with Gasteiger partial charge in [0.05, 0.1) is 18.5 Å². The highest BCUT2D eigenvalue weighted by atomic mass is 16.4. The van der Waals surface area contributed by atoms with Crippen LogP contribution in [0, 0.1) is 11.8 Å². The van der Waals surface area contributed by atoms with E-state index in [-0.39, 0.29) is 30.1 Å². The van der Waals surface area contributed by atoms with E-state index in [2.05, 4.69) is 16.0 Å². The van der Waals surface area contributed by atoms with E-state index >= 15 is 0 Å². The lowest BCUT2D eigenvalue weighted by atomic mass is 9.74. The Kier molecular flexibility index (Phi) is 10.4. The Morgan fingerprint density at radius 3 is 2.41 bits per heavy atom. The number of amides is 1. The maximum Gasteiger partial charge on any atom is 0.475 e. The van der Waals surface area contributed by atoms with Crippen molar-refractivity contribution in [3.8, 4) is 5.75 Å². The van der Waals surface area contributed by atoms with Crippen LogP contribution in [0.3, 0.4) is 0 Å². The minimum absolute atomic E-state index is 0.0254. The third-order valence-corrected chi connectivity index (χ3v) is 6.16. The highest BCUT2D eigenvalue weighted by Gasteiger charge is 2.35. The number of benzene rings is 1. The molecule has 1 saturated carbocycles. The van der Waals surface area contributed by atoms with Crippen molar-refractivity contribution < 1.29 is 35.0 Å². The number of phenols is 1. The van der Waals surface area contributed by atoms with E-state index < -0.39 is 36.6 Å². The number of carboxylic acids is 1. The summed E-state index contributed by atoms with van der Waals surface area (Å²) >= 11 is 0. The molecular formula is C21H34BN3O7. The van der Waals surface area contributed by atoms with Gasteiger partial charge in [0.1, 0.15) is 11.3 Å². The summed E-state index contributed by atoms with van der Waals surface area (Å²) in [5, 5.41) is 57.8. The molecule has 0 aliphatic heterocycles. The molecule has 0 aromatic heterocycles. The van der Waals surface area contributed by atoms with E-state index in [0.717, 1.165) is 38.8 Å². The number of aliphatic hydroxyl groups is 1. The number of aliphatic hydroxyl groups excluding tert-OH is 1. The summed E-state index contributed by atoms with van der Waals surface area (Å²) in [4.78, 5) is 24.1. The van der Waals surface area contributed by atoms with Crippen LogP contribution in [0.25, 0.3) is 0 Å². The predicted octanol–water partition coefficient (Wildman–Crippen LogP) is -0.894. The number of aromatic hydroxyl groups is 1. The van der Waals surface area contributed by atoms with Gasteiger partial charge in [-0.2, -0.15) is 0 Å². The van der Waals surface area contributed by atoms with E-state index in [0.29, 0.717) is 6.04 Å². The van der Waals surface area contributed by atoms with E-state index in [1.807, 2.05) is 7.05 Å². The van der Waals surface area contributed by atoms with Crippen molar-refractivity contribution in [1.82, 2.24) is 16.0 Å². The van der Waals surface area contributed by atoms with Crippen LogP contribution in [-0.2, 0) is 11.2 Å². The molecule has 2 rings (SSSR count). The molecule has 2 atom stereocenters. The van der Waals surface area contributed by atoms with Gasteiger partial charge in [-0.05, 0) is 56.7 Å². The summed E-state index contributed by atoms with van der Waals surface area (Å²) in [5.41, 5.74) is -0.148. The van der Waals surface area contributed by atoms with Gasteiger partial charge in [0.25, 0.3) is 0 Å². The molecule has 1 aliphatic carbocycles. The second-order valence-corrected chi connectivity index (χ2v) is 8.31. The van der Waals surface area contributed by atoms with Crippen LogP contribution < -0.4 is 16.0 Å². The van der Waals surface area contributed by atoms with Gasteiger partial charge in [-0.3, -0.25) is 4.79 Å². The number of hydrogen-bond donors (Lipinski definition) is 8. The standard InChI is InChI=1S/C21H34BN3O7/c1-23-9-10-24-15-7-5-13(6-8-15)17(12-26)20(28)25-18(22(31)32)11-14-3-2-4-16(19(14)27)21(29)30/h2-4,13,15,17-18,23-24,26-27,31-32H,5-12H2,1H3,(H,25,28)(H,29,30). The van der Waals surface area contributed by atoms with E-state index in [9.17, 15) is 29.9 Å². The van der Waals surface area contributed by atoms with Crippen molar-refractivity contribution in [2.24, 2.45) is 11.8 Å². The van der Waals surface area contributed by atoms with Crippen LogP contribution in [-0.4, -0.2) is 83.1 Å². The van der Waals surface area contributed by atoms with Gasteiger partial charge in [0, 0.05) is 19.1 Å². The van der Waals surface area contributed by atoms with E-state index in [4.69, 9.17) is 5.11 Å². The first-order chi connectivity index (χ1) is 15.3. The molecule has 0 radical (unpaired) electrons. The van der Waals surface area contributed by atoms with Crippen molar-refractivity contribution >= 4 is 19.0 Å². The predicted molar refractivity (Wildman–Crippen MR) is 119 cm³/mol. The fourth-order valence-electron chi connectivity index (χ4n) is 4.26. The molecule has 1 amide bonds. The number of rotatable bonds is 12. The quantitative estimate of drug-likeness (QED) is 0.148. The first kappa shape index (κ1) is 26.1. The molecule has 1 aromatic carbocycles. The lowest BCUT2D eigenvalue weighted by Crippen LogP contribution is -2.51. The largest absolute Gasteiger partial charge is 0.507 e. The summed E-state index contributed by atoms with van der Waals surface area (Å²) in [6.07, 6.45) is 3.13. The number of hydrogen-bond acceptors (Lipinski definition) is 8. The maximum absolute atomic E-state index is 12.9. The topological polar surface area (TPSA) is 171 Å². The van der Waals surface area contributed by atoms with Crippen molar-refractivity contribution in [2.75, 3.05) is 26.7 Å². The lowest BCUT2D eigenvalue weighted by molar-refractivity contribution is -0.129. The van der Waals surface area contributed by atoms with Gasteiger partial charge < -0.3 is 41.3 Å². The Labute approximate surface area is 188 Å². The molecule has 10 nitrogen and oxygen atoms in total. The first-order valence-electron chi connectivity index (χ1n) is 11.0. The van der Waals surface area contributed by atoms with E-state index in [1.165, 1.54) is 18.2 Å². The molecule has 178 valence electrons. The molecule has 1 fully saturated rings. The third-order valence-electron chi connectivity index (χ3n) is 6.16. The van der Waals surface area contributed by atoms with E-state index in [1.54, 1.807) is 0 Å². The normalized spacial score (nSPS) is 20.4. The van der Waals surface area contributed by atoms with Crippen LogP contribution in [0.15, 0.2) is 18.2 Å². The molecule has 2 unspecified atom stereocenters. The number of nitrogens with one attached hydrogen (secondary N) is 3. The molecule has 1 aliphatic rings. The Morgan fingerprint density at radius 2 is 1.84 bits per heavy atom. The van der Waals surface area contributed by atoms with Crippen LogP contribution in [0.2, 0.25) is 0 Å². The number of para-hydroxylation sites is 1. The van der Waals surface area contributed by atoms with Crippen LogP contribution in [0.4, 0.5) is 0 Å². The van der Waals surface area contributed by atoms with Crippen LogP contribution in [0.5, 0.6) is 5.75 Å². The number of carbonyl (C=O) groups excluding carboxylic acids is 1. The SMILES string of the molecule is CNCCNC1CCC(C(CO)C(=O)NC(Cc2cccc(C(=O)O)c2O)B(O)O)CC1. The first-order valence-corrected chi connectivity index (χ1v) is 11.0. The summed E-state index contributed by atoms with van der Waals surface area (Å²) in [6, 6.07) is 4.49. The number of carbonyl (C=O) groups is 2. The highest BCUT2D eigenvalue weighted by Crippen LogP contribution is 2.31. The number of carboxylic acid groups (broad SMARTS) is 1. The van der Waals surface area contributed by atoms with Crippen LogP contribution in [0.1, 0.15) is 41.6 Å². The Morgan fingerprint density at radius 1 is 1.16 bits per heavy atom. The molecule has 0 bridgehead atoms. The average Bonchev–Trinajstić information content (AvgIpc) is 2.76. The summed E-state index contributed by atoms with van der Waals surface area (Å²) < 4.78 is 0.